The molecule has 19 heavy (non-hydrogen) atoms. The fraction of sp³-hybridized carbons (Fsp3) is 0.438. The molecule has 1 aromatic heterocycles. The summed E-state index contributed by atoms with van der Waals surface area (Å²) in [5.41, 5.74) is 5.55. The second-order valence-electron chi connectivity index (χ2n) is 5.19. The van der Waals surface area contributed by atoms with Crippen LogP contribution in [-0.4, -0.2) is 16.5 Å². The zero-order valence-corrected chi connectivity index (χ0v) is 12.1. The molecule has 2 aromatic rings. The number of rotatable bonds is 6. The van der Waals surface area contributed by atoms with E-state index in [1.807, 2.05) is 12.4 Å². The number of nitrogens with zero attached hydrogens (tertiary/aromatic N) is 1. The van der Waals surface area contributed by atoms with E-state index in [1.54, 1.807) is 0 Å². The minimum Gasteiger partial charge on any atom is -0.349 e. The summed E-state index contributed by atoms with van der Waals surface area (Å²) >= 11 is 0. The Bertz CT molecular complexity index is 492. The lowest BCUT2D eigenvalue weighted by molar-refractivity contribution is 0.638. The Morgan fingerprint density at radius 3 is 2.53 bits per heavy atom. The van der Waals surface area contributed by atoms with Gasteiger partial charge in [-0.15, -0.1) is 0 Å². The largest absolute Gasteiger partial charge is 0.349 e. The molecule has 1 heterocycles. The van der Waals surface area contributed by atoms with Crippen LogP contribution in [0.15, 0.2) is 24.5 Å². The first-order valence-corrected chi connectivity index (χ1v) is 6.92. The maximum absolute atomic E-state index is 4.23. The van der Waals surface area contributed by atoms with E-state index in [0.29, 0.717) is 0 Å². The number of hydrogen-bond donors (Lipinski definition) is 2. The van der Waals surface area contributed by atoms with E-state index in [-0.39, 0.29) is 0 Å². The summed E-state index contributed by atoms with van der Waals surface area (Å²) in [7, 11) is 0. The van der Waals surface area contributed by atoms with Gasteiger partial charge in [-0.3, -0.25) is 0 Å². The molecule has 0 spiro atoms. The second kappa shape index (κ2) is 6.53. The molecule has 102 valence electrons. The Labute approximate surface area is 115 Å². The zero-order chi connectivity index (χ0) is 13.7. The van der Waals surface area contributed by atoms with E-state index < -0.39 is 0 Å². The maximum Gasteiger partial charge on any atom is 0.106 e. The molecule has 3 heteroatoms. The average Bonchev–Trinajstić information content (AvgIpc) is 2.84. The predicted molar refractivity (Wildman–Crippen MR) is 79.3 cm³/mol. The summed E-state index contributed by atoms with van der Waals surface area (Å²) < 4.78 is 0. The SMILES string of the molecule is Cc1cc(C)c(CNCCCc2ncc[nH]2)c(C)c1. The summed E-state index contributed by atoms with van der Waals surface area (Å²) in [6, 6.07) is 4.51. The third-order valence-corrected chi connectivity index (χ3v) is 3.46. The lowest BCUT2D eigenvalue weighted by atomic mass is 10.00. The summed E-state index contributed by atoms with van der Waals surface area (Å²) in [4.78, 5) is 7.36. The van der Waals surface area contributed by atoms with Crippen molar-refractivity contribution >= 4 is 0 Å². The molecule has 0 aliphatic rings. The Morgan fingerprint density at radius 1 is 1.16 bits per heavy atom. The Kier molecular flexibility index (Phi) is 4.74. The first kappa shape index (κ1) is 13.8. The van der Waals surface area contributed by atoms with Gasteiger partial charge in [0.25, 0.3) is 0 Å². The third-order valence-electron chi connectivity index (χ3n) is 3.46. The van der Waals surface area contributed by atoms with Gasteiger partial charge < -0.3 is 10.3 Å². The van der Waals surface area contributed by atoms with Gasteiger partial charge in [-0.1, -0.05) is 17.7 Å². The Balaban J connectivity index is 1.77. The van der Waals surface area contributed by atoms with Crippen LogP contribution < -0.4 is 5.32 Å². The fourth-order valence-corrected chi connectivity index (χ4v) is 2.52. The molecule has 0 radical (unpaired) electrons. The molecule has 0 saturated carbocycles. The van der Waals surface area contributed by atoms with Crippen molar-refractivity contribution in [2.24, 2.45) is 0 Å². The van der Waals surface area contributed by atoms with E-state index in [2.05, 4.69) is 48.2 Å². The molecule has 1 aromatic carbocycles. The number of H-pyrrole nitrogens is 1. The number of imidazole rings is 1. The van der Waals surface area contributed by atoms with E-state index in [1.165, 1.54) is 22.3 Å². The van der Waals surface area contributed by atoms with Crippen LogP contribution in [0.2, 0.25) is 0 Å². The van der Waals surface area contributed by atoms with Gasteiger partial charge >= 0.3 is 0 Å². The van der Waals surface area contributed by atoms with Crippen LogP contribution in [0, 0.1) is 20.8 Å². The lowest BCUT2D eigenvalue weighted by Crippen LogP contribution is -2.17. The first-order chi connectivity index (χ1) is 9.16. The molecule has 0 bridgehead atoms. The molecule has 0 unspecified atom stereocenters. The Hall–Kier alpha value is -1.61. The lowest BCUT2D eigenvalue weighted by Gasteiger charge is -2.12. The smallest absolute Gasteiger partial charge is 0.106 e. The van der Waals surface area contributed by atoms with Crippen LogP contribution in [0.5, 0.6) is 0 Å². The molecule has 0 aliphatic heterocycles. The van der Waals surface area contributed by atoms with Gasteiger partial charge in [0.15, 0.2) is 0 Å². The van der Waals surface area contributed by atoms with Crippen LogP contribution in [0.1, 0.15) is 34.5 Å². The number of nitrogens with one attached hydrogen (secondary N) is 2. The van der Waals surface area contributed by atoms with Crippen LogP contribution in [0.3, 0.4) is 0 Å². The summed E-state index contributed by atoms with van der Waals surface area (Å²) in [6.07, 6.45) is 5.80. The minimum atomic E-state index is 0.954. The summed E-state index contributed by atoms with van der Waals surface area (Å²) in [5, 5.41) is 3.52. The first-order valence-electron chi connectivity index (χ1n) is 6.92. The number of aromatic amines is 1. The molecule has 0 saturated heterocycles. The van der Waals surface area contributed by atoms with Crippen molar-refractivity contribution in [1.29, 1.82) is 0 Å². The molecular weight excluding hydrogens is 234 g/mol. The van der Waals surface area contributed by atoms with Gasteiger partial charge in [0, 0.05) is 25.4 Å². The predicted octanol–water partition coefficient (Wildman–Crippen LogP) is 3.06. The number of aromatic nitrogens is 2. The topological polar surface area (TPSA) is 40.7 Å². The molecule has 2 N–H and O–H groups in total. The highest BCUT2D eigenvalue weighted by Gasteiger charge is 2.03. The van der Waals surface area contributed by atoms with Crippen LogP contribution in [0.25, 0.3) is 0 Å². The summed E-state index contributed by atoms with van der Waals surface area (Å²) in [5.74, 6) is 1.07. The van der Waals surface area contributed by atoms with Crippen LogP contribution >= 0.6 is 0 Å². The number of aryl methyl sites for hydroxylation is 4. The number of benzene rings is 1. The van der Waals surface area contributed by atoms with Crippen molar-refractivity contribution in [3.05, 3.63) is 52.6 Å². The van der Waals surface area contributed by atoms with Crippen molar-refractivity contribution in [3.8, 4) is 0 Å². The normalized spacial score (nSPS) is 10.9. The fourth-order valence-electron chi connectivity index (χ4n) is 2.52. The van der Waals surface area contributed by atoms with Gasteiger partial charge in [0.1, 0.15) is 5.82 Å². The van der Waals surface area contributed by atoms with Gasteiger partial charge in [-0.25, -0.2) is 4.98 Å². The van der Waals surface area contributed by atoms with Crippen molar-refractivity contribution in [1.82, 2.24) is 15.3 Å². The summed E-state index contributed by atoms with van der Waals surface area (Å²) in [6.45, 7) is 8.52. The Morgan fingerprint density at radius 2 is 1.89 bits per heavy atom. The van der Waals surface area contributed by atoms with Crippen molar-refractivity contribution in [3.63, 3.8) is 0 Å². The van der Waals surface area contributed by atoms with Crippen LogP contribution in [0.4, 0.5) is 0 Å². The van der Waals surface area contributed by atoms with Gasteiger partial charge in [0.2, 0.25) is 0 Å². The van der Waals surface area contributed by atoms with Gasteiger partial charge in [-0.2, -0.15) is 0 Å². The highest BCUT2D eigenvalue weighted by molar-refractivity contribution is 5.37. The highest BCUT2D eigenvalue weighted by atomic mass is 14.9. The minimum absolute atomic E-state index is 0.954. The number of hydrogen-bond acceptors (Lipinski definition) is 2. The zero-order valence-electron chi connectivity index (χ0n) is 12.1. The van der Waals surface area contributed by atoms with Crippen molar-refractivity contribution in [2.45, 2.75) is 40.2 Å². The molecule has 0 fully saturated rings. The maximum atomic E-state index is 4.23. The average molecular weight is 257 g/mol. The monoisotopic (exact) mass is 257 g/mol. The molecule has 2 rings (SSSR count). The van der Waals surface area contributed by atoms with Crippen LogP contribution in [-0.2, 0) is 13.0 Å². The van der Waals surface area contributed by atoms with Crippen molar-refractivity contribution in [2.75, 3.05) is 6.54 Å². The van der Waals surface area contributed by atoms with E-state index in [4.69, 9.17) is 0 Å². The van der Waals surface area contributed by atoms with E-state index >= 15 is 0 Å². The van der Waals surface area contributed by atoms with E-state index in [9.17, 15) is 0 Å². The molecule has 0 aliphatic carbocycles. The third kappa shape index (κ3) is 3.93. The molecule has 3 nitrogen and oxygen atoms in total. The highest BCUT2D eigenvalue weighted by Crippen LogP contribution is 2.15. The molecule has 0 amide bonds. The van der Waals surface area contributed by atoms with Gasteiger partial charge in [-0.05, 0) is 50.4 Å². The quantitative estimate of drug-likeness (QED) is 0.781. The second-order valence-corrected chi connectivity index (χ2v) is 5.19. The van der Waals surface area contributed by atoms with E-state index in [0.717, 1.165) is 31.8 Å². The standard InChI is InChI=1S/C16H23N3/c1-12-9-13(2)15(14(3)10-12)11-17-6-4-5-16-18-7-8-19-16/h7-10,17H,4-6,11H2,1-3H3,(H,18,19). The van der Waals surface area contributed by atoms with Gasteiger partial charge in [0.05, 0.1) is 0 Å². The van der Waals surface area contributed by atoms with Crippen molar-refractivity contribution < 1.29 is 0 Å². The molecule has 0 atom stereocenters. The molecular formula is C16H23N3.